The fraction of sp³-hybridized carbons (Fsp3) is 0.450. The van der Waals surface area contributed by atoms with Crippen molar-refractivity contribution in [2.45, 2.75) is 44.9 Å². The summed E-state index contributed by atoms with van der Waals surface area (Å²) in [5.41, 5.74) is 1.63. The Hall–Kier alpha value is -1.98. The summed E-state index contributed by atoms with van der Waals surface area (Å²) in [4.78, 5) is 6.10. The monoisotopic (exact) mass is 344 g/mol. The molecule has 1 saturated heterocycles. The molecule has 0 saturated carbocycles. The molecule has 25 heavy (non-hydrogen) atoms. The molecule has 1 aromatic carbocycles. The second-order valence-electron chi connectivity index (χ2n) is 6.91. The number of hydrogen-bond donors (Lipinski definition) is 1. The summed E-state index contributed by atoms with van der Waals surface area (Å²) in [5.74, 6) is 0.920. The number of benzene rings is 1. The Bertz CT molecular complexity index is 708. The van der Waals surface area contributed by atoms with E-state index in [2.05, 4.69) is 24.9 Å². The third-order valence-corrected chi connectivity index (χ3v) is 4.62. The number of hydrogen-bond acceptors (Lipinski definition) is 4. The van der Waals surface area contributed by atoms with Gasteiger partial charge in [0.05, 0.1) is 5.69 Å². The predicted octanol–water partition coefficient (Wildman–Crippen LogP) is 3.36. The van der Waals surface area contributed by atoms with Crippen LogP contribution in [0, 0.1) is 5.82 Å². The SMILES string of the molecule is CC(C)c1cccc(O[C@@H]2CCN(Cc3ncccc3F)C[C@H]2O)c1. The summed E-state index contributed by atoms with van der Waals surface area (Å²) >= 11 is 0. The number of ether oxygens (including phenoxy) is 1. The number of halogens is 1. The number of likely N-dealkylation sites (tertiary alicyclic amines) is 1. The van der Waals surface area contributed by atoms with Crippen molar-refractivity contribution >= 4 is 0 Å². The van der Waals surface area contributed by atoms with Crippen LogP contribution in [0.3, 0.4) is 0 Å². The van der Waals surface area contributed by atoms with Gasteiger partial charge in [-0.3, -0.25) is 9.88 Å². The maximum absolute atomic E-state index is 13.7. The fourth-order valence-corrected chi connectivity index (χ4v) is 3.12. The molecule has 2 atom stereocenters. The second kappa shape index (κ2) is 7.93. The second-order valence-corrected chi connectivity index (χ2v) is 6.91. The van der Waals surface area contributed by atoms with Gasteiger partial charge in [-0.25, -0.2) is 4.39 Å². The van der Waals surface area contributed by atoms with Crippen LogP contribution in [0.15, 0.2) is 42.6 Å². The Morgan fingerprint density at radius 3 is 2.88 bits per heavy atom. The Kier molecular flexibility index (Phi) is 5.66. The Labute approximate surface area is 148 Å². The molecule has 0 amide bonds. The van der Waals surface area contributed by atoms with Crippen molar-refractivity contribution in [3.8, 4) is 5.75 Å². The van der Waals surface area contributed by atoms with Crippen LogP contribution >= 0.6 is 0 Å². The summed E-state index contributed by atoms with van der Waals surface area (Å²) < 4.78 is 19.7. The van der Waals surface area contributed by atoms with E-state index in [0.29, 0.717) is 31.1 Å². The molecule has 0 spiro atoms. The summed E-state index contributed by atoms with van der Waals surface area (Å²) in [6.45, 7) is 5.87. The van der Waals surface area contributed by atoms with Gasteiger partial charge in [-0.1, -0.05) is 26.0 Å². The van der Waals surface area contributed by atoms with Crippen molar-refractivity contribution in [1.29, 1.82) is 0 Å². The normalized spacial score (nSPS) is 21.5. The van der Waals surface area contributed by atoms with Crippen LogP contribution in [0.4, 0.5) is 4.39 Å². The number of nitrogens with zero attached hydrogens (tertiary/aromatic N) is 2. The average Bonchev–Trinajstić information content (AvgIpc) is 2.59. The molecule has 5 heteroatoms. The molecular weight excluding hydrogens is 319 g/mol. The molecule has 3 rings (SSSR count). The number of rotatable bonds is 5. The molecular formula is C20H25FN2O2. The van der Waals surface area contributed by atoms with Crippen LogP contribution in [-0.2, 0) is 6.54 Å². The van der Waals surface area contributed by atoms with Crippen LogP contribution in [0.1, 0.15) is 37.4 Å². The van der Waals surface area contributed by atoms with Crippen molar-refractivity contribution in [2.24, 2.45) is 0 Å². The van der Waals surface area contributed by atoms with Gasteiger partial charge < -0.3 is 9.84 Å². The first-order valence-corrected chi connectivity index (χ1v) is 8.79. The van der Waals surface area contributed by atoms with Gasteiger partial charge in [0.15, 0.2) is 0 Å². The highest BCUT2D eigenvalue weighted by molar-refractivity contribution is 5.30. The Morgan fingerprint density at radius 2 is 2.16 bits per heavy atom. The highest BCUT2D eigenvalue weighted by atomic mass is 19.1. The Morgan fingerprint density at radius 1 is 1.32 bits per heavy atom. The third-order valence-electron chi connectivity index (χ3n) is 4.62. The minimum atomic E-state index is -0.608. The number of piperidine rings is 1. The fourth-order valence-electron chi connectivity index (χ4n) is 3.12. The smallest absolute Gasteiger partial charge is 0.146 e. The zero-order valence-corrected chi connectivity index (χ0v) is 14.7. The van der Waals surface area contributed by atoms with E-state index in [4.69, 9.17) is 4.74 Å². The zero-order valence-electron chi connectivity index (χ0n) is 14.7. The number of aliphatic hydroxyl groups excluding tert-OH is 1. The first kappa shape index (κ1) is 17.8. The quantitative estimate of drug-likeness (QED) is 0.903. The molecule has 1 aromatic heterocycles. The van der Waals surface area contributed by atoms with Gasteiger partial charge in [0.25, 0.3) is 0 Å². The lowest BCUT2D eigenvalue weighted by molar-refractivity contribution is -0.0280. The molecule has 1 aliphatic rings. The Balaban J connectivity index is 1.59. The van der Waals surface area contributed by atoms with Crippen molar-refractivity contribution in [2.75, 3.05) is 13.1 Å². The van der Waals surface area contributed by atoms with E-state index in [1.807, 2.05) is 23.1 Å². The lowest BCUT2D eigenvalue weighted by Crippen LogP contribution is -2.48. The molecule has 0 radical (unpaired) electrons. The number of aliphatic hydroxyl groups is 1. The van der Waals surface area contributed by atoms with Gasteiger partial charge in [0, 0.05) is 25.8 Å². The van der Waals surface area contributed by atoms with E-state index in [9.17, 15) is 9.50 Å². The first-order valence-electron chi connectivity index (χ1n) is 8.79. The first-order chi connectivity index (χ1) is 12.0. The van der Waals surface area contributed by atoms with Crippen LogP contribution in [0.2, 0.25) is 0 Å². The molecule has 134 valence electrons. The molecule has 1 aliphatic heterocycles. The maximum Gasteiger partial charge on any atom is 0.146 e. The highest BCUT2D eigenvalue weighted by Crippen LogP contribution is 2.24. The average molecular weight is 344 g/mol. The minimum absolute atomic E-state index is 0.243. The van der Waals surface area contributed by atoms with E-state index >= 15 is 0 Å². The zero-order chi connectivity index (χ0) is 17.8. The molecule has 0 bridgehead atoms. The summed E-state index contributed by atoms with van der Waals surface area (Å²) in [6.07, 6.45) is 1.43. The van der Waals surface area contributed by atoms with Crippen molar-refractivity contribution in [3.63, 3.8) is 0 Å². The molecule has 1 N–H and O–H groups in total. The van der Waals surface area contributed by atoms with Crippen LogP contribution in [0.5, 0.6) is 5.75 Å². The standard InChI is InChI=1S/C20H25FN2O2/c1-14(2)15-5-3-6-16(11-15)25-20-8-10-23(13-19(20)24)12-18-17(21)7-4-9-22-18/h3-7,9,11,14,19-20,24H,8,10,12-13H2,1-2H3/t19-,20-/m1/s1. The maximum atomic E-state index is 13.7. The largest absolute Gasteiger partial charge is 0.488 e. The van der Waals surface area contributed by atoms with E-state index < -0.39 is 6.10 Å². The number of β-amino-alcohol motifs (C(OH)–C–C–N with tert-alkyl or cyclic N) is 1. The molecule has 0 aliphatic carbocycles. The minimum Gasteiger partial charge on any atom is -0.488 e. The lowest BCUT2D eigenvalue weighted by atomic mass is 10.0. The molecule has 1 fully saturated rings. The van der Waals surface area contributed by atoms with Gasteiger partial charge in [-0.2, -0.15) is 0 Å². The van der Waals surface area contributed by atoms with Crippen molar-refractivity contribution < 1.29 is 14.2 Å². The van der Waals surface area contributed by atoms with Crippen LogP contribution in [0.25, 0.3) is 0 Å². The van der Waals surface area contributed by atoms with Gasteiger partial charge in [-0.05, 0) is 42.2 Å². The van der Waals surface area contributed by atoms with Gasteiger partial charge in [-0.15, -0.1) is 0 Å². The molecule has 0 unspecified atom stereocenters. The molecule has 2 aromatic rings. The summed E-state index contributed by atoms with van der Waals surface area (Å²) in [7, 11) is 0. The van der Waals surface area contributed by atoms with E-state index in [1.165, 1.54) is 11.6 Å². The van der Waals surface area contributed by atoms with Crippen LogP contribution < -0.4 is 4.74 Å². The van der Waals surface area contributed by atoms with Crippen LogP contribution in [-0.4, -0.2) is 40.3 Å². The number of pyridine rings is 1. The van der Waals surface area contributed by atoms with Gasteiger partial charge in [0.2, 0.25) is 0 Å². The van der Waals surface area contributed by atoms with Crippen molar-refractivity contribution in [1.82, 2.24) is 9.88 Å². The number of aromatic nitrogens is 1. The summed E-state index contributed by atoms with van der Waals surface area (Å²) in [6, 6.07) is 11.0. The predicted molar refractivity (Wildman–Crippen MR) is 95.0 cm³/mol. The van der Waals surface area contributed by atoms with Crippen molar-refractivity contribution in [3.05, 3.63) is 59.7 Å². The highest BCUT2D eigenvalue weighted by Gasteiger charge is 2.29. The molecule has 2 heterocycles. The van der Waals surface area contributed by atoms with Gasteiger partial charge >= 0.3 is 0 Å². The lowest BCUT2D eigenvalue weighted by Gasteiger charge is -2.35. The third kappa shape index (κ3) is 4.55. The van der Waals surface area contributed by atoms with E-state index in [-0.39, 0.29) is 11.9 Å². The molecule has 4 nitrogen and oxygen atoms in total. The van der Waals surface area contributed by atoms with E-state index in [0.717, 1.165) is 12.3 Å². The van der Waals surface area contributed by atoms with E-state index in [1.54, 1.807) is 12.3 Å². The summed E-state index contributed by atoms with van der Waals surface area (Å²) in [5, 5.41) is 10.4. The topological polar surface area (TPSA) is 45.6 Å². The van der Waals surface area contributed by atoms with Gasteiger partial charge in [0.1, 0.15) is 23.8 Å².